The SMILES string of the molecule is CC(Nc1nccc(-n2cnc3cc(Nc4ccccc4)ccc32)n1)c1ccccc1. The van der Waals surface area contributed by atoms with Crippen molar-refractivity contribution in [3.8, 4) is 5.82 Å². The third-order valence-electron chi connectivity index (χ3n) is 5.14. The lowest BCUT2D eigenvalue weighted by atomic mass is 10.1. The van der Waals surface area contributed by atoms with Crippen molar-refractivity contribution in [2.45, 2.75) is 13.0 Å². The molecule has 0 saturated carbocycles. The smallest absolute Gasteiger partial charge is 0.225 e. The molecule has 6 nitrogen and oxygen atoms in total. The molecule has 5 aromatic rings. The first-order chi connectivity index (χ1) is 15.3. The van der Waals surface area contributed by atoms with E-state index in [1.54, 1.807) is 12.5 Å². The Hall–Kier alpha value is -4.19. The molecule has 3 aromatic carbocycles. The lowest BCUT2D eigenvalue weighted by Gasteiger charge is -2.14. The van der Waals surface area contributed by atoms with E-state index >= 15 is 0 Å². The van der Waals surface area contributed by atoms with Crippen LogP contribution in [0.15, 0.2) is 97.5 Å². The summed E-state index contributed by atoms with van der Waals surface area (Å²) in [7, 11) is 0. The quantitative estimate of drug-likeness (QED) is 0.377. The van der Waals surface area contributed by atoms with Crippen LogP contribution < -0.4 is 10.6 Å². The molecule has 2 heterocycles. The molecule has 6 heteroatoms. The van der Waals surface area contributed by atoms with Gasteiger partial charge in [0.1, 0.15) is 12.1 Å². The van der Waals surface area contributed by atoms with E-state index in [1.807, 2.05) is 71.3 Å². The summed E-state index contributed by atoms with van der Waals surface area (Å²) in [6.07, 6.45) is 3.56. The molecule has 0 aliphatic rings. The number of aromatic nitrogens is 4. The Morgan fingerprint density at radius 1 is 0.806 bits per heavy atom. The van der Waals surface area contributed by atoms with Gasteiger partial charge in [0, 0.05) is 17.6 Å². The minimum atomic E-state index is 0.0996. The zero-order valence-corrected chi connectivity index (χ0v) is 17.1. The maximum absolute atomic E-state index is 4.71. The number of nitrogens with one attached hydrogen (secondary N) is 2. The molecule has 0 bridgehead atoms. The van der Waals surface area contributed by atoms with Crippen LogP contribution in [0.4, 0.5) is 17.3 Å². The molecule has 0 spiro atoms. The van der Waals surface area contributed by atoms with Gasteiger partial charge in [0.05, 0.1) is 17.1 Å². The number of benzene rings is 3. The largest absolute Gasteiger partial charge is 0.355 e. The number of imidazole rings is 1. The molecule has 31 heavy (non-hydrogen) atoms. The second kappa shape index (κ2) is 8.28. The van der Waals surface area contributed by atoms with Crippen LogP contribution >= 0.6 is 0 Å². The summed E-state index contributed by atoms with van der Waals surface area (Å²) in [6, 6.07) is 28.5. The Kier molecular flexibility index (Phi) is 5.02. The van der Waals surface area contributed by atoms with Crippen molar-refractivity contribution in [1.29, 1.82) is 0 Å². The standard InChI is InChI=1S/C25H22N6/c1-18(19-8-4-2-5-9-19)28-25-26-15-14-24(30-25)31-17-27-22-16-21(12-13-23(22)31)29-20-10-6-3-7-11-20/h2-18,29H,1H3,(H,26,28,30). The van der Waals surface area contributed by atoms with Gasteiger partial charge < -0.3 is 10.6 Å². The van der Waals surface area contributed by atoms with Crippen molar-refractivity contribution >= 4 is 28.4 Å². The van der Waals surface area contributed by atoms with Gasteiger partial charge in [-0.3, -0.25) is 4.57 Å². The van der Waals surface area contributed by atoms with Gasteiger partial charge in [0.15, 0.2) is 0 Å². The van der Waals surface area contributed by atoms with E-state index in [0.29, 0.717) is 5.95 Å². The minimum Gasteiger partial charge on any atom is -0.355 e. The van der Waals surface area contributed by atoms with Gasteiger partial charge in [-0.05, 0) is 48.9 Å². The predicted octanol–water partition coefficient (Wildman–Crippen LogP) is 5.73. The number of para-hydroxylation sites is 1. The van der Waals surface area contributed by atoms with Crippen LogP contribution in [-0.4, -0.2) is 19.5 Å². The summed E-state index contributed by atoms with van der Waals surface area (Å²) in [6.45, 7) is 2.10. The maximum Gasteiger partial charge on any atom is 0.225 e. The summed E-state index contributed by atoms with van der Waals surface area (Å²) >= 11 is 0. The Balaban J connectivity index is 1.40. The second-order valence-electron chi connectivity index (χ2n) is 7.32. The lowest BCUT2D eigenvalue weighted by Crippen LogP contribution is -2.10. The van der Waals surface area contributed by atoms with Crippen LogP contribution in [0.2, 0.25) is 0 Å². The average molecular weight is 406 g/mol. The van der Waals surface area contributed by atoms with Gasteiger partial charge in [0.25, 0.3) is 0 Å². The van der Waals surface area contributed by atoms with E-state index in [0.717, 1.165) is 28.2 Å². The van der Waals surface area contributed by atoms with E-state index in [9.17, 15) is 0 Å². The average Bonchev–Trinajstić information content (AvgIpc) is 3.24. The second-order valence-corrected chi connectivity index (χ2v) is 7.32. The number of hydrogen-bond donors (Lipinski definition) is 2. The van der Waals surface area contributed by atoms with Gasteiger partial charge >= 0.3 is 0 Å². The summed E-state index contributed by atoms with van der Waals surface area (Å²) in [5.74, 6) is 1.35. The third-order valence-corrected chi connectivity index (χ3v) is 5.14. The van der Waals surface area contributed by atoms with Gasteiger partial charge in [-0.2, -0.15) is 4.98 Å². The van der Waals surface area contributed by atoms with E-state index in [1.165, 1.54) is 5.56 Å². The fourth-order valence-electron chi connectivity index (χ4n) is 3.53. The van der Waals surface area contributed by atoms with Gasteiger partial charge in [0.2, 0.25) is 5.95 Å². The van der Waals surface area contributed by atoms with Gasteiger partial charge in [-0.15, -0.1) is 0 Å². The zero-order valence-electron chi connectivity index (χ0n) is 17.1. The fourth-order valence-corrected chi connectivity index (χ4v) is 3.53. The lowest BCUT2D eigenvalue weighted by molar-refractivity contribution is 0.854. The van der Waals surface area contributed by atoms with Crippen molar-refractivity contribution in [3.63, 3.8) is 0 Å². The van der Waals surface area contributed by atoms with Crippen LogP contribution in [0, 0.1) is 0 Å². The molecule has 1 atom stereocenters. The number of hydrogen-bond acceptors (Lipinski definition) is 5. The maximum atomic E-state index is 4.71. The summed E-state index contributed by atoms with van der Waals surface area (Å²) in [5, 5.41) is 6.79. The minimum absolute atomic E-state index is 0.0996. The Morgan fingerprint density at radius 3 is 2.39 bits per heavy atom. The van der Waals surface area contributed by atoms with Crippen LogP contribution in [0.3, 0.4) is 0 Å². The Bertz CT molecular complexity index is 1300. The van der Waals surface area contributed by atoms with Crippen LogP contribution in [0.5, 0.6) is 0 Å². The number of fused-ring (bicyclic) bond motifs is 1. The Morgan fingerprint density at radius 2 is 1.58 bits per heavy atom. The molecule has 2 aromatic heterocycles. The van der Waals surface area contributed by atoms with Gasteiger partial charge in [-0.25, -0.2) is 9.97 Å². The molecule has 0 fully saturated rings. The Labute approximate surface area is 180 Å². The number of anilines is 3. The molecule has 5 rings (SSSR count). The van der Waals surface area contributed by atoms with Crippen molar-refractivity contribution in [3.05, 3.63) is 103 Å². The monoisotopic (exact) mass is 406 g/mol. The van der Waals surface area contributed by atoms with E-state index in [4.69, 9.17) is 4.98 Å². The van der Waals surface area contributed by atoms with Crippen LogP contribution in [0.1, 0.15) is 18.5 Å². The zero-order chi connectivity index (χ0) is 21.0. The van der Waals surface area contributed by atoms with Crippen LogP contribution in [0.25, 0.3) is 16.9 Å². The molecule has 2 N–H and O–H groups in total. The highest BCUT2D eigenvalue weighted by molar-refractivity contribution is 5.82. The van der Waals surface area contributed by atoms with Crippen molar-refractivity contribution in [1.82, 2.24) is 19.5 Å². The predicted molar refractivity (Wildman–Crippen MR) is 125 cm³/mol. The first-order valence-electron chi connectivity index (χ1n) is 10.2. The molecule has 0 radical (unpaired) electrons. The van der Waals surface area contributed by atoms with Crippen LogP contribution in [-0.2, 0) is 0 Å². The molecular formula is C25H22N6. The van der Waals surface area contributed by atoms with E-state index in [2.05, 4.69) is 45.7 Å². The van der Waals surface area contributed by atoms with Crippen molar-refractivity contribution < 1.29 is 0 Å². The normalized spacial score (nSPS) is 11.9. The highest BCUT2D eigenvalue weighted by Crippen LogP contribution is 2.24. The third kappa shape index (κ3) is 4.09. The molecule has 0 aliphatic carbocycles. The highest BCUT2D eigenvalue weighted by atomic mass is 15.2. The first-order valence-corrected chi connectivity index (χ1v) is 10.2. The molecule has 0 aliphatic heterocycles. The molecule has 0 amide bonds. The highest BCUT2D eigenvalue weighted by Gasteiger charge is 2.10. The molecule has 152 valence electrons. The van der Waals surface area contributed by atoms with E-state index < -0.39 is 0 Å². The molecule has 0 saturated heterocycles. The van der Waals surface area contributed by atoms with E-state index in [-0.39, 0.29) is 6.04 Å². The summed E-state index contributed by atoms with van der Waals surface area (Å²) in [5.41, 5.74) is 5.10. The number of nitrogens with zero attached hydrogens (tertiary/aromatic N) is 4. The van der Waals surface area contributed by atoms with Crippen molar-refractivity contribution in [2.24, 2.45) is 0 Å². The van der Waals surface area contributed by atoms with Gasteiger partial charge in [-0.1, -0.05) is 48.5 Å². The topological polar surface area (TPSA) is 67.7 Å². The molecule has 1 unspecified atom stereocenters. The first kappa shape index (κ1) is 18.8. The summed E-state index contributed by atoms with van der Waals surface area (Å²) < 4.78 is 1.97. The summed E-state index contributed by atoms with van der Waals surface area (Å²) in [4.78, 5) is 13.7. The van der Waals surface area contributed by atoms with Crippen molar-refractivity contribution in [2.75, 3.05) is 10.6 Å². The molecular weight excluding hydrogens is 384 g/mol. The fraction of sp³-hybridized carbons (Fsp3) is 0.0800. The number of rotatable bonds is 6.